The Kier molecular flexibility index (Phi) is 4.34. The van der Waals surface area contributed by atoms with Gasteiger partial charge in [0.15, 0.2) is 0 Å². The van der Waals surface area contributed by atoms with E-state index in [-0.39, 0.29) is 17.9 Å². The molecule has 6 heteroatoms. The minimum absolute atomic E-state index is 0.0185. The summed E-state index contributed by atoms with van der Waals surface area (Å²) >= 11 is 0. The molecule has 1 fully saturated rings. The van der Waals surface area contributed by atoms with Gasteiger partial charge in [-0.15, -0.1) is 0 Å². The normalized spacial score (nSPS) is 20.6. The van der Waals surface area contributed by atoms with E-state index in [0.29, 0.717) is 18.5 Å². The third-order valence-corrected chi connectivity index (χ3v) is 4.15. The van der Waals surface area contributed by atoms with E-state index in [1.54, 1.807) is 20.2 Å². The lowest BCUT2D eigenvalue weighted by molar-refractivity contribution is -0.140. The van der Waals surface area contributed by atoms with Crippen LogP contribution in [0.3, 0.4) is 0 Å². The van der Waals surface area contributed by atoms with Gasteiger partial charge in [0, 0.05) is 32.2 Å². The van der Waals surface area contributed by atoms with Crippen LogP contribution in [0.4, 0.5) is 0 Å². The van der Waals surface area contributed by atoms with Gasteiger partial charge in [-0.1, -0.05) is 12.1 Å². The van der Waals surface area contributed by atoms with Crippen molar-refractivity contribution in [3.63, 3.8) is 0 Å². The van der Waals surface area contributed by atoms with Crippen LogP contribution in [-0.2, 0) is 9.53 Å². The second kappa shape index (κ2) is 6.42. The predicted molar refractivity (Wildman–Crippen MR) is 87.2 cm³/mol. The van der Waals surface area contributed by atoms with Gasteiger partial charge in [-0.2, -0.15) is 0 Å². The van der Waals surface area contributed by atoms with Crippen LogP contribution in [0, 0.1) is 0 Å². The molecule has 0 radical (unpaired) electrons. The van der Waals surface area contributed by atoms with Crippen molar-refractivity contribution in [2.45, 2.75) is 25.0 Å². The van der Waals surface area contributed by atoms with Crippen LogP contribution in [0.15, 0.2) is 30.5 Å². The lowest BCUT2D eigenvalue weighted by Gasteiger charge is -2.17. The molecule has 2 aromatic rings. The number of carbonyl (C=O) groups is 2. The minimum atomic E-state index is -0.390. The van der Waals surface area contributed by atoms with Crippen molar-refractivity contribution in [3.05, 3.63) is 36.0 Å². The quantitative estimate of drug-likeness (QED) is 0.898. The van der Waals surface area contributed by atoms with Crippen molar-refractivity contribution in [1.82, 2.24) is 15.2 Å². The third-order valence-electron chi connectivity index (χ3n) is 4.15. The van der Waals surface area contributed by atoms with E-state index in [0.717, 1.165) is 17.3 Å². The molecule has 0 saturated carbocycles. The number of carbonyl (C=O) groups excluding carboxylic acids is 2. The molecule has 2 atom stereocenters. The van der Waals surface area contributed by atoms with Gasteiger partial charge < -0.3 is 19.9 Å². The van der Waals surface area contributed by atoms with Crippen molar-refractivity contribution >= 4 is 22.7 Å². The maximum Gasteiger partial charge on any atom is 0.253 e. The number of amides is 2. The van der Waals surface area contributed by atoms with Gasteiger partial charge in [-0.25, -0.2) is 0 Å². The van der Waals surface area contributed by atoms with Gasteiger partial charge in [-0.3, -0.25) is 9.59 Å². The molecule has 1 aromatic heterocycles. The summed E-state index contributed by atoms with van der Waals surface area (Å²) in [5.74, 6) is -0.154. The summed E-state index contributed by atoms with van der Waals surface area (Å²) in [7, 11) is 3.44. The van der Waals surface area contributed by atoms with E-state index in [2.05, 4.69) is 10.3 Å². The fourth-order valence-corrected chi connectivity index (χ4v) is 2.90. The van der Waals surface area contributed by atoms with Crippen LogP contribution in [-0.4, -0.2) is 54.5 Å². The van der Waals surface area contributed by atoms with E-state index >= 15 is 0 Å². The average Bonchev–Trinajstić information content (AvgIpc) is 3.20. The van der Waals surface area contributed by atoms with Crippen molar-refractivity contribution in [3.8, 4) is 0 Å². The Bertz CT molecular complexity index is 723. The van der Waals surface area contributed by atoms with Gasteiger partial charge in [0.25, 0.3) is 11.8 Å². The number of nitrogens with zero attached hydrogens (tertiary/aromatic N) is 1. The largest absolute Gasteiger partial charge is 0.363 e. The lowest BCUT2D eigenvalue weighted by atomic mass is 10.1. The van der Waals surface area contributed by atoms with Gasteiger partial charge >= 0.3 is 0 Å². The summed E-state index contributed by atoms with van der Waals surface area (Å²) in [4.78, 5) is 28.9. The first-order chi connectivity index (χ1) is 11.1. The standard InChI is InChI=1S/C17H21N3O3/c1-20(2)17(22)14-7-6-12(23-14)10-19-16(21)13-5-3-4-11-8-9-18-15(11)13/h3-5,8-9,12,14,18H,6-7,10H2,1-2H3,(H,19,21)/t12-,14-/m0/s1. The highest BCUT2D eigenvalue weighted by atomic mass is 16.5. The van der Waals surface area contributed by atoms with Gasteiger partial charge in [0.1, 0.15) is 6.10 Å². The fraction of sp³-hybridized carbons (Fsp3) is 0.412. The summed E-state index contributed by atoms with van der Waals surface area (Å²) in [5.41, 5.74) is 1.45. The number of aromatic amines is 1. The second-order valence-electron chi connectivity index (χ2n) is 6.01. The van der Waals surface area contributed by atoms with Gasteiger partial charge in [0.2, 0.25) is 0 Å². The number of para-hydroxylation sites is 1. The first kappa shape index (κ1) is 15.6. The second-order valence-corrected chi connectivity index (χ2v) is 6.01. The Morgan fingerprint density at radius 3 is 2.91 bits per heavy atom. The predicted octanol–water partition coefficient (Wildman–Crippen LogP) is 1.53. The van der Waals surface area contributed by atoms with Gasteiger partial charge in [-0.05, 0) is 25.0 Å². The molecule has 0 spiro atoms. The molecule has 2 N–H and O–H groups in total. The zero-order chi connectivity index (χ0) is 16.4. The highest BCUT2D eigenvalue weighted by molar-refractivity contribution is 6.05. The molecule has 1 saturated heterocycles. The molecule has 1 aromatic carbocycles. The number of nitrogens with one attached hydrogen (secondary N) is 2. The van der Waals surface area contributed by atoms with Crippen molar-refractivity contribution < 1.29 is 14.3 Å². The van der Waals surface area contributed by atoms with Crippen molar-refractivity contribution in [2.24, 2.45) is 0 Å². The molecule has 3 rings (SSSR count). The van der Waals surface area contributed by atoms with Crippen LogP contribution in [0.2, 0.25) is 0 Å². The summed E-state index contributed by atoms with van der Waals surface area (Å²) in [6.45, 7) is 0.410. The first-order valence-corrected chi connectivity index (χ1v) is 7.77. The molecule has 0 unspecified atom stereocenters. The molecule has 1 aliphatic rings. The molecular formula is C17H21N3O3. The number of hydrogen-bond acceptors (Lipinski definition) is 3. The number of hydrogen-bond donors (Lipinski definition) is 2. The zero-order valence-electron chi connectivity index (χ0n) is 13.3. The number of fused-ring (bicyclic) bond motifs is 1. The fourth-order valence-electron chi connectivity index (χ4n) is 2.90. The van der Waals surface area contributed by atoms with Crippen molar-refractivity contribution in [1.29, 1.82) is 0 Å². The summed E-state index contributed by atoms with van der Waals surface area (Å²) < 4.78 is 5.73. The summed E-state index contributed by atoms with van der Waals surface area (Å²) in [5, 5.41) is 3.91. The molecule has 1 aliphatic heterocycles. The number of ether oxygens (including phenoxy) is 1. The molecule has 2 heterocycles. The van der Waals surface area contributed by atoms with E-state index in [1.165, 1.54) is 4.90 Å². The Morgan fingerprint density at radius 1 is 1.30 bits per heavy atom. The lowest BCUT2D eigenvalue weighted by Crippen LogP contribution is -2.36. The minimum Gasteiger partial charge on any atom is -0.363 e. The molecule has 23 heavy (non-hydrogen) atoms. The number of aromatic nitrogens is 1. The highest BCUT2D eigenvalue weighted by Gasteiger charge is 2.31. The molecule has 2 amide bonds. The summed E-state index contributed by atoms with van der Waals surface area (Å²) in [6, 6.07) is 7.55. The van der Waals surface area contributed by atoms with E-state index in [9.17, 15) is 9.59 Å². The average molecular weight is 315 g/mol. The topological polar surface area (TPSA) is 74.4 Å². The van der Waals surface area contributed by atoms with E-state index < -0.39 is 6.10 Å². The van der Waals surface area contributed by atoms with Crippen LogP contribution >= 0.6 is 0 Å². The molecular weight excluding hydrogens is 294 g/mol. The maximum atomic E-state index is 12.4. The smallest absolute Gasteiger partial charge is 0.253 e. The Balaban J connectivity index is 1.58. The Labute approximate surface area is 134 Å². The van der Waals surface area contributed by atoms with Crippen LogP contribution < -0.4 is 5.32 Å². The maximum absolute atomic E-state index is 12.4. The number of H-pyrrole nitrogens is 1. The third kappa shape index (κ3) is 3.22. The van der Waals surface area contributed by atoms with Crippen molar-refractivity contribution in [2.75, 3.05) is 20.6 Å². The number of likely N-dealkylation sites (N-methyl/N-ethyl adjacent to an activating group) is 1. The van der Waals surface area contributed by atoms with E-state index in [1.807, 2.05) is 24.4 Å². The Hall–Kier alpha value is -2.34. The molecule has 122 valence electrons. The summed E-state index contributed by atoms with van der Waals surface area (Å²) in [6.07, 6.45) is 2.79. The zero-order valence-corrected chi connectivity index (χ0v) is 13.3. The Morgan fingerprint density at radius 2 is 2.13 bits per heavy atom. The van der Waals surface area contributed by atoms with Gasteiger partial charge in [0.05, 0.1) is 17.2 Å². The molecule has 0 aliphatic carbocycles. The van der Waals surface area contributed by atoms with Crippen LogP contribution in [0.1, 0.15) is 23.2 Å². The SMILES string of the molecule is CN(C)C(=O)[C@@H]1CC[C@@H](CNC(=O)c2cccc3cc[nH]c23)O1. The number of rotatable bonds is 4. The first-order valence-electron chi connectivity index (χ1n) is 7.77. The monoisotopic (exact) mass is 315 g/mol. The van der Waals surface area contributed by atoms with Crippen LogP contribution in [0.25, 0.3) is 10.9 Å². The van der Waals surface area contributed by atoms with E-state index in [4.69, 9.17) is 4.74 Å². The number of benzene rings is 1. The highest BCUT2D eigenvalue weighted by Crippen LogP contribution is 2.21. The molecule has 6 nitrogen and oxygen atoms in total. The molecule has 0 bridgehead atoms. The van der Waals surface area contributed by atoms with Crippen LogP contribution in [0.5, 0.6) is 0 Å².